The Kier molecular flexibility index (Phi) is 6.06. The Morgan fingerprint density at radius 3 is 2.66 bits per heavy atom. The standard InChI is InChI=1S/C20H17IN2O6/c1-23-18(24)15(22-20(23)27)8-12-7-14(21)17(16(9-12)28-2)29-10-11-4-3-5-13(6-11)19(25)26/h3-9H,10H2,1-2H3,(H,22,27)(H,25,26)/b15-8+. The summed E-state index contributed by atoms with van der Waals surface area (Å²) in [6, 6.07) is 9.49. The molecule has 0 saturated carbocycles. The van der Waals surface area contributed by atoms with Gasteiger partial charge in [-0.2, -0.15) is 0 Å². The summed E-state index contributed by atoms with van der Waals surface area (Å²) in [4.78, 5) is 35.7. The minimum absolute atomic E-state index is 0.160. The van der Waals surface area contributed by atoms with E-state index in [0.717, 1.165) is 8.47 Å². The second-order valence-electron chi connectivity index (χ2n) is 6.18. The molecule has 0 aromatic heterocycles. The second-order valence-corrected chi connectivity index (χ2v) is 7.34. The molecule has 0 aliphatic carbocycles. The van der Waals surface area contributed by atoms with E-state index in [1.807, 2.05) is 0 Å². The number of amides is 3. The first kappa shape index (κ1) is 20.6. The first-order chi connectivity index (χ1) is 13.8. The fourth-order valence-electron chi connectivity index (χ4n) is 2.70. The Hall–Kier alpha value is -3.08. The van der Waals surface area contributed by atoms with Gasteiger partial charge >= 0.3 is 12.0 Å². The van der Waals surface area contributed by atoms with Crippen LogP contribution in [0.5, 0.6) is 11.5 Å². The van der Waals surface area contributed by atoms with Gasteiger partial charge in [-0.1, -0.05) is 12.1 Å². The Labute approximate surface area is 180 Å². The quantitative estimate of drug-likeness (QED) is 0.353. The summed E-state index contributed by atoms with van der Waals surface area (Å²) in [5.41, 5.74) is 1.72. The number of ether oxygens (including phenoxy) is 2. The van der Waals surface area contributed by atoms with Crippen molar-refractivity contribution >= 4 is 46.6 Å². The minimum atomic E-state index is -1.00. The number of aromatic carboxylic acids is 1. The van der Waals surface area contributed by atoms with Crippen LogP contribution in [0.1, 0.15) is 21.5 Å². The van der Waals surface area contributed by atoms with Gasteiger partial charge in [0.15, 0.2) is 11.5 Å². The van der Waals surface area contributed by atoms with Crippen molar-refractivity contribution in [1.82, 2.24) is 10.2 Å². The van der Waals surface area contributed by atoms with Gasteiger partial charge in [-0.3, -0.25) is 9.69 Å². The molecule has 1 fully saturated rings. The number of carboxylic acids is 1. The summed E-state index contributed by atoms with van der Waals surface area (Å²) in [6.45, 7) is 0.160. The van der Waals surface area contributed by atoms with Crippen LogP contribution in [0.15, 0.2) is 42.1 Å². The number of hydrogen-bond acceptors (Lipinski definition) is 5. The lowest BCUT2D eigenvalue weighted by Crippen LogP contribution is -2.25. The summed E-state index contributed by atoms with van der Waals surface area (Å²) in [7, 11) is 2.90. The van der Waals surface area contributed by atoms with Gasteiger partial charge in [0.25, 0.3) is 5.91 Å². The van der Waals surface area contributed by atoms with Crippen molar-refractivity contribution < 1.29 is 29.0 Å². The van der Waals surface area contributed by atoms with E-state index in [0.29, 0.717) is 22.6 Å². The topological polar surface area (TPSA) is 105 Å². The molecule has 0 unspecified atom stereocenters. The number of carbonyl (C=O) groups is 3. The van der Waals surface area contributed by atoms with Crippen LogP contribution < -0.4 is 14.8 Å². The van der Waals surface area contributed by atoms with Gasteiger partial charge in [0.05, 0.1) is 16.2 Å². The first-order valence-electron chi connectivity index (χ1n) is 8.43. The van der Waals surface area contributed by atoms with Crippen molar-refractivity contribution in [2.75, 3.05) is 14.2 Å². The highest BCUT2D eigenvalue weighted by atomic mass is 127. The number of carbonyl (C=O) groups excluding carboxylic acids is 2. The third kappa shape index (κ3) is 4.50. The number of benzene rings is 2. The number of carboxylic acid groups (broad SMARTS) is 1. The van der Waals surface area contributed by atoms with Crippen molar-refractivity contribution in [2.45, 2.75) is 6.61 Å². The lowest BCUT2D eigenvalue weighted by molar-refractivity contribution is -0.121. The molecule has 1 saturated heterocycles. The number of hydrogen-bond donors (Lipinski definition) is 2. The number of rotatable bonds is 6. The van der Waals surface area contributed by atoms with Crippen LogP contribution >= 0.6 is 22.6 Å². The molecular formula is C20H17IN2O6. The maximum Gasteiger partial charge on any atom is 0.335 e. The Morgan fingerprint density at radius 1 is 1.28 bits per heavy atom. The van der Waals surface area contributed by atoms with Gasteiger partial charge in [0.2, 0.25) is 0 Å². The highest BCUT2D eigenvalue weighted by Gasteiger charge is 2.30. The molecule has 1 heterocycles. The van der Waals surface area contributed by atoms with Gasteiger partial charge in [-0.05, 0) is 64.1 Å². The number of nitrogens with one attached hydrogen (secondary N) is 1. The number of urea groups is 1. The van der Waals surface area contributed by atoms with Gasteiger partial charge in [0.1, 0.15) is 12.3 Å². The highest BCUT2D eigenvalue weighted by molar-refractivity contribution is 14.1. The van der Waals surface area contributed by atoms with Crippen LogP contribution in [0.4, 0.5) is 4.79 Å². The van der Waals surface area contributed by atoms with E-state index in [9.17, 15) is 14.4 Å². The molecule has 0 atom stereocenters. The van der Waals surface area contributed by atoms with E-state index in [2.05, 4.69) is 27.9 Å². The van der Waals surface area contributed by atoms with Gasteiger partial charge < -0.3 is 19.9 Å². The maximum atomic E-state index is 12.0. The second kappa shape index (κ2) is 8.52. The molecule has 1 aliphatic rings. The van der Waals surface area contributed by atoms with E-state index in [4.69, 9.17) is 14.6 Å². The summed E-state index contributed by atoms with van der Waals surface area (Å²) in [6.07, 6.45) is 1.56. The molecule has 29 heavy (non-hydrogen) atoms. The van der Waals surface area contributed by atoms with Crippen LogP contribution in [-0.2, 0) is 11.4 Å². The smallest absolute Gasteiger partial charge is 0.335 e. The maximum absolute atomic E-state index is 12.0. The zero-order valence-electron chi connectivity index (χ0n) is 15.6. The monoisotopic (exact) mass is 508 g/mol. The fraction of sp³-hybridized carbons (Fsp3) is 0.150. The molecule has 9 heteroatoms. The van der Waals surface area contributed by atoms with Gasteiger partial charge in [-0.15, -0.1) is 0 Å². The lowest BCUT2D eigenvalue weighted by Gasteiger charge is -2.14. The van der Waals surface area contributed by atoms with Crippen molar-refractivity contribution in [1.29, 1.82) is 0 Å². The van der Waals surface area contributed by atoms with Crippen molar-refractivity contribution in [3.05, 3.63) is 62.4 Å². The predicted octanol–water partition coefficient (Wildman–Crippen LogP) is 3.10. The van der Waals surface area contributed by atoms with Crippen LogP contribution in [0.2, 0.25) is 0 Å². The van der Waals surface area contributed by atoms with Crippen LogP contribution in [0.3, 0.4) is 0 Å². The third-order valence-electron chi connectivity index (χ3n) is 4.20. The van der Waals surface area contributed by atoms with E-state index >= 15 is 0 Å². The molecule has 8 nitrogen and oxygen atoms in total. The van der Waals surface area contributed by atoms with Gasteiger partial charge in [-0.25, -0.2) is 9.59 Å². The normalized spacial score (nSPS) is 14.9. The fourth-order valence-corrected chi connectivity index (χ4v) is 3.48. The number of imide groups is 1. The van der Waals surface area contributed by atoms with Crippen molar-refractivity contribution in [2.24, 2.45) is 0 Å². The van der Waals surface area contributed by atoms with E-state index in [1.165, 1.54) is 20.2 Å². The number of nitrogens with zero attached hydrogens (tertiary/aromatic N) is 1. The Morgan fingerprint density at radius 2 is 2.03 bits per heavy atom. The molecule has 3 rings (SSSR count). The Balaban J connectivity index is 1.84. The molecule has 2 N–H and O–H groups in total. The van der Waals surface area contributed by atoms with E-state index < -0.39 is 17.9 Å². The third-order valence-corrected chi connectivity index (χ3v) is 5.00. The zero-order valence-corrected chi connectivity index (χ0v) is 17.7. The molecule has 2 aromatic carbocycles. The molecule has 150 valence electrons. The molecule has 2 aromatic rings. The molecule has 1 aliphatic heterocycles. The summed E-state index contributed by atoms with van der Waals surface area (Å²) >= 11 is 2.08. The molecule has 0 radical (unpaired) electrons. The average molecular weight is 508 g/mol. The number of methoxy groups -OCH3 is 1. The predicted molar refractivity (Wildman–Crippen MR) is 113 cm³/mol. The summed E-state index contributed by atoms with van der Waals surface area (Å²) < 4.78 is 12.0. The van der Waals surface area contributed by atoms with E-state index in [-0.39, 0.29) is 17.9 Å². The van der Waals surface area contributed by atoms with Crippen molar-refractivity contribution in [3.8, 4) is 11.5 Å². The molecule has 3 amide bonds. The zero-order chi connectivity index (χ0) is 21.1. The van der Waals surface area contributed by atoms with E-state index in [1.54, 1.807) is 36.4 Å². The van der Waals surface area contributed by atoms with Crippen molar-refractivity contribution in [3.63, 3.8) is 0 Å². The first-order valence-corrected chi connectivity index (χ1v) is 9.51. The van der Waals surface area contributed by atoms with Crippen LogP contribution in [0.25, 0.3) is 6.08 Å². The van der Waals surface area contributed by atoms with Crippen LogP contribution in [-0.4, -0.2) is 42.1 Å². The number of likely N-dealkylation sites (N-methyl/N-ethyl adjacent to an activating group) is 1. The lowest BCUT2D eigenvalue weighted by atomic mass is 10.1. The summed E-state index contributed by atoms with van der Waals surface area (Å²) in [5.74, 6) is -0.476. The molecule has 0 bridgehead atoms. The Bertz CT molecular complexity index is 1030. The largest absolute Gasteiger partial charge is 0.493 e. The SMILES string of the molecule is COc1cc(/C=C2/NC(=O)N(C)C2=O)cc(I)c1OCc1cccc(C(=O)O)c1. The minimum Gasteiger partial charge on any atom is -0.493 e. The molecular weight excluding hydrogens is 491 g/mol. The molecule has 0 spiro atoms. The highest BCUT2D eigenvalue weighted by Crippen LogP contribution is 2.35. The summed E-state index contributed by atoms with van der Waals surface area (Å²) in [5, 5.41) is 11.6. The van der Waals surface area contributed by atoms with Crippen LogP contribution in [0, 0.1) is 3.57 Å². The number of halogens is 1. The van der Waals surface area contributed by atoms with Gasteiger partial charge in [0, 0.05) is 7.05 Å². The average Bonchev–Trinajstić information content (AvgIpc) is 2.93.